The lowest BCUT2D eigenvalue weighted by atomic mass is 9.60. The zero-order valence-electron chi connectivity index (χ0n) is 35.8. The largest absolute Gasteiger partial charge is 0.508 e. The molecule has 2 heterocycles. The Morgan fingerprint density at radius 3 is 1.01 bits per heavy atom. The molecule has 8 aromatic rings. The van der Waals surface area contributed by atoms with Gasteiger partial charge < -0.3 is 60.5 Å². The SMILES string of the molecule is Oc1ccc([C@H]2c3c(O)cc4c(c3[C@H]3c5c(O)cc6c(c5[C@@H]2[C@@H]3c2ccc(O)cc2)[C@@H](c2cc(O)cc(O)c2)[C@H](c2ccc(O)cc2)O6)[C@@H](c2cc(O)cc(O)c2)[C@H](c2ccc(O)cc2)O4)cc1. The van der Waals surface area contributed by atoms with Gasteiger partial charge in [-0.2, -0.15) is 0 Å². The molecule has 0 fully saturated rings. The van der Waals surface area contributed by atoms with E-state index in [1.165, 1.54) is 12.1 Å². The molecule has 338 valence electrons. The van der Waals surface area contributed by atoms with Crippen molar-refractivity contribution < 1.29 is 60.5 Å². The number of hydrogen-bond acceptors (Lipinski definition) is 12. The zero-order chi connectivity index (χ0) is 46.9. The molecular formula is C56H42O12. The van der Waals surface area contributed by atoms with Crippen LogP contribution < -0.4 is 9.47 Å². The molecule has 0 unspecified atom stereocenters. The van der Waals surface area contributed by atoms with Crippen molar-refractivity contribution >= 4 is 0 Å². The van der Waals surface area contributed by atoms with E-state index in [0.29, 0.717) is 72.7 Å². The lowest BCUT2D eigenvalue weighted by molar-refractivity contribution is 0.221. The van der Waals surface area contributed by atoms with Crippen LogP contribution in [0.25, 0.3) is 0 Å². The molecule has 68 heavy (non-hydrogen) atoms. The predicted molar refractivity (Wildman–Crippen MR) is 248 cm³/mol. The number of benzene rings is 8. The van der Waals surface area contributed by atoms with Crippen molar-refractivity contribution in [2.45, 2.75) is 47.7 Å². The number of aromatic hydroxyl groups is 10. The molecule has 8 aromatic carbocycles. The van der Waals surface area contributed by atoms with Crippen LogP contribution in [0.2, 0.25) is 0 Å². The minimum atomic E-state index is -0.813. The van der Waals surface area contributed by atoms with Crippen molar-refractivity contribution in [1.29, 1.82) is 0 Å². The van der Waals surface area contributed by atoms with Gasteiger partial charge in [0, 0.05) is 70.2 Å². The number of fused-ring (bicyclic) bond motifs is 11. The number of hydrogen-bond donors (Lipinski definition) is 10. The van der Waals surface area contributed by atoms with Gasteiger partial charge in [0.05, 0.1) is 11.8 Å². The molecule has 4 aliphatic rings. The molecule has 2 aliphatic heterocycles. The Kier molecular flexibility index (Phi) is 8.97. The normalized spacial score (nSPS) is 22.6. The highest BCUT2D eigenvalue weighted by molar-refractivity contribution is 5.76. The molecule has 12 rings (SSSR count). The Morgan fingerprint density at radius 1 is 0.250 bits per heavy atom. The van der Waals surface area contributed by atoms with Crippen LogP contribution in [0.15, 0.2) is 146 Å². The van der Waals surface area contributed by atoms with Gasteiger partial charge in [-0.25, -0.2) is 0 Å². The van der Waals surface area contributed by atoms with E-state index in [4.69, 9.17) is 9.47 Å². The third kappa shape index (κ3) is 6.20. The van der Waals surface area contributed by atoms with Crippen molar-refractivity contribution in [3.63, 3.8) is 0 Å². The molecule has 0 saturated heterocycles. The Hall–Kier alpha value is -8.64. The van der Waals surface area contributed by atoms with E-state index in [2.05, 4.69) is 0 Å². The summed E-state index contributed by atoms with van der Waals surface area (Å²) in [6.45, 7) is 0. The average molecular weight is 907 g/mol. The second-order valence-electron chi connectivity index (χ2n) is 18.2. The standard InChI is InChI=1S/C56H42O12/c57-31-9-1-25(2-10-31)43-47-39(65)23-41-49(45(29-17-35(61)21-36(62)18-29)55(67-41)27-5-13-33(59)14-6-27)53(47)52-44(26-3-11-32(58)12-4-26)51(43)54-48(52)40(66)24-42-50(54)46(30-19-37(63)22-38(64)20-30)56(68-42)28-7-15-34(60)16-8-28/h1-24,43-46,51-52,55-66H/t43-,44-,45+,46+,51-,52+,55-,56-/m0/s1. The second-order valence-corrected chi connectivity index (χ2v) is 18.2. The maximum atomic E-state index is 12.8. The van der Waals surface area contributed by atoms with Gasteiger partial charge >= 0.3 is 0 Å². The quantitative estimate of drug-likeness (QED) is 0.0753. The lowest BCUT2D eigenvalue weighted by Gasteiger charge is -2.41. The molecule has 0 spiro atoms. The molecule has 12 nitrogen and oxygen atoms in total. The van der Waals surface area contributed by atoms with Crippen molar-refractivity contribution in [3.05, 3.63) is 212 Å². The van der Waals surface area contributed by atoms with Crippen LogP contribution in [0.5, 0.6) is 69.0 Å². The molecule has 2 bridgehead atoms. The van der Waals surface area contributed by atoms with Gasteiger partial charge in [0.1, 0.15) is 81.2 Å². The van der Waals surface area contributed by atoms with Crippen LogP contribution in [0, 0.1) is 0 Å². The van der Waals surface area contributed by atoms with Gasteiger partial charge in [-0.1, -0.05) is 48.5 Å². The monoisotopic (exact) mass is 906 g/mol. The van der Waals surface area contributed by atoms with Crippen LogP contribution in [0.3, 0.4) is 0 Å². The Bertz CT molecular complexity index is 3290. The third-order valence-corrected chi connectivity index (χ3v) is 14.4. The van der Waals surface area contributed by atoms with Crippen LogP contribution >= 0.6 is 0 Å². The topological polar surface area (TPSA) is 221 Å². The molecule has 8 atom stereocenters. The van der Waals surface area contributed by atoms with Gasteiger partial charge in [0.25, 0.3) is 0 Å². The molecule has 0 aromatic heterocycles. The molecule has 0 saturated carbocycles. The van der Waals surface area contributed by atoms with Gasteiger partial charge in [0.2, 0.25) is 0 Å². The summed E-state index contributed by atoms with van der Waals surface area (Å²) in [5.74, 6) is -4.30. The number of ether oxygens (including phenoxy) is 2. The summed E-state index contributed by atoms with van der Waals surface area (Å²) in [5, 5.41) is 112. The maximum absolute atomic E-state index is 12.8. The van der Waals surface area contributed by atoms with E-state index < -0.39 is 47.7 Å². The summed E-state index contributed by atoms with van der Waals surface area (Å²) in [7, 11) is 0. The van der Waals surface area contributed by atoms with Crippen molar-refractivity contribution in [2.24, 2.45) is 0 Å². The van der Waals surface area contributed by atoms with E-state index >= 15 is 0 Å². The minimum Gasteiger partial charge on any atom is -0.508 e. The fourth-order valence-electron chi connectivity index (χ4n) is 12.0. The number of rotatable bonds is 6. The summed E-state index contributed by atoms with van der Waals surface area (Å²) in [6, 6.07) is 38.6. The molecular weight excluding hydrogens is 865 g/mol. The van der Waals surface area contributed by atoms with Crippen LogP contribution in [0.4, 0.5) is 0 Å². The van der Waals surface area contributed by atoms with Gasteiger partial charge in [-0.15, -0.1) is 0 Å². The first-order valence-corrected chi connectivity index (χ1v) is 22.2. The van der Waals surface area contributed by atoms with Gasteiger partial charge in [-0.05, 0) is 117 Å². The molecule has 10 N–H and O–H groups in total. The van der Waals surface area contributed by atoms with Crippen molar-refractivity contribution in [2.75, 3.05) is 0 Å². The number of phenolic OH excluding ortho intramolecular Hbond substituents is 10. The van der Waals surface area contributed by atoms with Gasteiger partial charge in [0.15, 0.2) is 0 Å². The van der Waals surface area contributed by atoms with Crippen LogP contribution in [-0.2, 0) is 0 Å². The Morgan fingerprint density at radius 2 is 0.603 bits per heavy atom. The zero-order valence-corrected chi connectivity index (χ0v) is 35.8. The number of phenols is 10. The predicted octanol–water partition coefficient (Wildman–Crippen LogP) is 10.4. The molecule has 0 radical (unpaired) electrons. The minimum absolute atomic E-state index is 0.0177. The third-order valence-electron chi connectivity index (χ3n) is 14.4. The second kappa shape index (κ2) is 14.9. The highest BCUT2D eigenvalue weighted by atomic mass is 16.5. The summed E-state index contributed by atoms with van der Waals surface area (Å²) >= 11 is 0. The first-order chi connectivity index (χ1) is 32.8. The summed E-state index contributed by atoms with van der Waals surface area (Å²) in [5.41, 5.74) is 7.46. The summed E-state index contributed by atoms with van der Waals surface area (Å²) < 4.78 is 13.8. The van der Waals surface area contributed by atoms with Crippen molar-refractivity contribution in [1.82, 2.24) is 0 Å². The Balaban J connectivity index is 1.21. The summed E-state index contributed by atoms with van der Waals surface area (Å²) in [6.07, 6.45) is -1.61. The molecule has 0 amide bonds. The molecule has 2 aliphatic carbocycles. The molecule has 12 heteroatoms. The van der Waals surface area contributed by atoms with E-state index in [1.54, 1.807) is 121 Å². The first kappa shape index (κ1) is 40.8. The van der Waals surface area contributed by atoms with Crippen LogP contribution in [0.1, 0.15) is 114 Å². The maximum Gasteiger partial charge on any atom is 0.135 e. The Labute approximate surface area is 388 Å². The highest BCUT2D eigenvalue weighted by Crippen LogP contribution is 2.74. The first-order valence-electron chi connectivity index (χ1n) is 22.2. The summed E-state index contributed by atoms with van der Waals surface area (Å²) in [4.78, 5) is 0. The van der Waals surface area contributed by atoms with Gasteiger partial charge in [-0.3, -0.25) is 0 Å². The van der Waals surface area contributed by atoms with E-state index in [1.807, 2.05) is 12.1 Å². The lowest BCUT2D eigenvalue weighted by Crippen LogP contribution is -2.28. The van der Waals surface area contributed by atoms with Crippen molar-refractivity contribution in [3.8, 4) is 69.0 Å². The van der Waals surface area contributed by atoms with E-state index in [9.17, 15) is 51.1 Å². The van der Waals surface area contributed by atoms with E-state index in [0.717, 1.165) is 5.56 Å². The van der Waals surface area contributed by atoms with E-state index in [-0.39, 0.29) is 57.5 Å². The fourth-order valence-corrected chi connectivity index (χ4v) is 12.0. The average Bonchev–Trinajstić information content (AvgIpc) is 3.95. The highest BCUT2D eigenvalue weighted by Gasteiger charge is 2.59. The van der Waals surface area contributed by atoms with Crippen LogP contribution in [-0.4, -0.2) is 51.1 Å². The smallest absolute Gasteiger partial charge is 0.135 e. The fraction of sp³-hybridized carbons (Fsp3) is 0.143.